The number of Topliss-reactive ketones (excluding diaryl/α,β-unsaturated/α-hetero) is 1. The highest BCUT2D eigenvalue weighted by Crippen LogP contribution is 2.17. The van der Waals surface area contributed by atoms with E-state index < -0.39 is 23.4 Å². The number of carboxylic acid groups (broad SMARTS) is 1. The minimum absolute atomic E-state index is 0.406. The van der Waals surface area contributed by atoms with Gasteiger partial charge in [-0.25, -0.2) is 4.79 Å². The molecule has 2 N–H and O–H groups in total. The first-order chi connectivity index (χ1) is 6.04. The van der Waals surface area contributed by atoms with E-state index in [1.807, 2.05) is 0 Å². The summed E-state index contributed by atoms with van der Waals surface area (Å²) in [6.45, 7) is 3.55. The lowest BCUT2D eigenvalue weighted by Gasteiger charge is -2.15. The van der Waals surface area contributed by atoms with E-state index in [1.54, 1.807) is 0 Å². The highest BCUT2D eigenvalue weighted by atomic mass is 16.5. The largest absolute Gasteiger partial charge is 0.478 e. The highest BCUT2D eigenvalue weighted by molar-refractivity contribution is 6.18. The molecule has 0 bridgehead atoms. The lowest BCUT2D eigenvalue weighted by molar-refractivity contribution is -0.143. The van der Waals surface area contributed by atoms with Gasteiger partial charge in [0.1, 0.15) is 0 Å². The molecule has 1 aliphatic rings. The van der Waals surface area contributed by atoms with E-state index >= 15 is 0 Å². The van der Waals surface area contributed by atoms with Crippen molar-refractivity contribution < 1.29 is 19.9 Å². The van der Waals surface area contributed by atoms with Crippen molar-refractivity contribution >= 4 is 11.8 Å². The summed E-state index contributed by atoms with van der Waals surface area (Å²) >= 11 is 0. The van der Waals surface area contributed by atoms with Gasteiger partial charge in [0.25, 0.3) is 0 Å². The molecule has 1 saturated heterocycles. The van der Waals surface area contributed by atoms with Crippen molar-refractivity contribution in [2.24, 2.45) is 0 Å². The summed E-state index contributed by atoms with van der Waals surface area (Å²) in [5, 5.41) is 18.5. The third kappa shape index (κ3) is 1.93. The maximum Gasteiger partial charge on any atom is 0.338 e. The minimum atomic E-state index is -1.33. The second-order valence-electron chi connectivity index (χ2n) is 2.97. The summed E-state index contributed by atoms with van der Waals surface area (Å²) in [5.41, 5.74) is -0.467. The predicted molar refractivity (Wildman–Crippen MR) is 43.3 cm³/mol. The van der Waals surface area contributed by atoms with Crippen LogP contribution in [0.5, 0.6) is 0 Å². The Morgan fingerprint density at radius 1 is 1.46 bits per heavy atom. The van der Waals surface area contributed by atoms with E-state index in [-0.39, 0.29) is 0 Å². The van der Waals surface area contributed by atoms with E-state index in [0.29, 0.717) is 19.4 Å². The minimum Gasteiger partial charge on any atom is -0.478 e. The second-order valence-corrected chi connectivity index (χ2v) is 2.97. The summed E-state index contributed by atoms with van der Waals surface area (Å²) < 4.78 is 0. The molecular formula is C8H11NO4. The Labute approximate surface area is 75.2 Å². The number of carbonyl (C=O) groups excluding carboxylic acids is 1. The third-order valence-electron chi connectivity index (χ3n) is 2.08. The molecular weight excluding hydrogens is 174 g/mol. The average molecular weight is 185 g/mol. The maximum absolute atomic E-state index is 11.3. The number of hydroxylamine groups is 2. The van der Waals surface area contributed by atoms with E-state index in [9.17, 15) is 9.59 Å². The molecule has 0 amide bonds. The van der Waals surface area contributed by atoms with Crippen molar-refractivity contribution in [2.45, 2.75) is 18.9 Å². The van der Waals surface area contributed by atoms with E-state index in [1.165, 1.54) is 0 Å². The third-order valence-corrected chi connectivity index (χ3v) is 2.08. The lowest BCUT2D eigenvalue weighted by atomic mass is 10.0. The standard InChI is InChI=1S/C8H11NO4/c1-5(8(11)12)7(10)6-3-2-4-9(6)13/h6,13H,1-4H2,(H,11,12). The summed E-state index contributed by atoms with van der Waals surface area (Å²) in [4.78, 5) is 21.7. The van der Waals surface area contributed by atoms with Gasteiger partial charge < -0.3 is 10.3 Å². The fraction of sp³-hybridized carbons (Fsp3) is 0.500. The quantitative estimate of drug-likeness (QED) is 0.369. The van der Waals surface area contributed by atoms with Crippen LogP contribution < -0.4 is 0 Å². The Balaban J connectivity index is 2.67. The van der Waals surface area contributed by atoms with Gasteiger partial charge in [-0.1, -0.05) is 6.58 Å². The van der Waals surface area contributed by atoms with Gasteiger partial charge in [-0.2, -0.15) is 5.06 Å². The van der Waals surface area contributed by atoms with Gasteiger partial charge in [0, 0.05) is 6.54 Å². The number of nitrogens with zero attached hydrogens (tertiary/aromatic N) is 1. The summed E-state index contributed by atoms with van der Waals surface area (Å²) in [6, 6.07) is -0.719. The molecule has 0 radical (unpaired) electrons. The van der Waals surface area contributed by atoms with Crippen LogP contribution in [0.15, 0.2) is 12.2 Å². The van der Waals surface area contributed by atoms with Crippen LogP contribution in [-0.4, -0.2) is 39.7 Å². The number of rotatable bonds is 3. The molecule has 0 aliphatic carbocycles. The predicted octanol–water partition coefficient (Wildman–Crippen LogP) is 0.0499. The van der Waals surface area contributed by atoms with E-state index in [0.717, 1.165) is 5.06 Å². The highest BCUT2D eigenvalue weighted by Gasteiger charge is 2.32. The molecule has 0 spiro atoms. The van der Waals surface area contributed by atoms with Gasteiger partial charge in [-0.15, -0.1) is 0 Å². The van der Waals surface area contributed by atoms with Crippen LogP contribution in [0, 0.1) is 0 Å². The molecule has 1 atom stereocenters. The molecule has 1 rings (SSSR count). The molecule has 0 aromatic rings. The fourth-order valence-corrected chi connectivity index (χ4v) is 1.32. The average Bonchev–Trinajstić information content (AvgIpc) is 2.48. The molecule has 5 nitrogen and oxygen atoms in total. The van der Waals surface area contributed by atoms with E-state index in [4.69, 9.17) is 10.3 Å². The number of ketones is 1. The van der Waals surface area contributed by atoms with Crippen molar-refractivity contribution in [3.05, 3.63) is 12.2 Å². The Bertz CT molecular complexity index is 261. The van der Waals surface area contributed by atoms with Gasteiger partial charge in [0.05, 0.1) is 11.6 Å². The number of carboxylic acids is 1. The monoisotopic (exact) mass is 185 g/mol. The van der Waals surface area contributed by atoms with Crippen molar-refractivity contribution in [1.82, 2.24) is 5.06 Å². The van der Waals surface area contributed by atoms with Gasteiger partial charge in [0.15, 0.2) is 5.78 Å². The number of carbonyl (C=O) groups is 2. The van der Waals surface area contributed by atoms with Gasteiger partial charge in [-0.3, -0.25) is 4.79 Å². The maximum atomic E-state index is 11.3. The molecule has 1 aliphatic heterocycles. The number of hydrogen-bond acceptors (Lipinski definition) is 4. The zero-order chi connectivity index (χ0) is 10.0. The molecule has 1 fully saturated rings. The first-order valence-corrected chi connectivity index (χ1v) is 3.96. The van der Waals surface area contributed by atoms with Crippen LogP contribution in [0.2, 0.25) is 0 Å². The smallest absolute Gasteiger partial charge is 0.338 e. The zero-order valence-corrected chi connectivity index (χ0v) is 7.06. The van der Waals surface area contributed by atoms with Crippen molar-refractivity contribution in [2.75, 3.05) is 6.54 Å². The first-order valence-electron chi connectivity index (χ1n) is 3.96. The Kier molecular flexibility index (Phi) is 2.79. The summed E-state index contributed by atoms with van der Waals surface area (Å²) in [5.74, 6) is -1.93. The molecule has 5 heteroatoms. The van der Waals surface area contributed by atoms with Crippen molar-refractivity contribution in [3.63, 3.8) is 0 Å². The zero-order valence-electron chi connectivity index (χ0n) is 7.06. The lowest BCUT2D eigenvalue weighted by Crippen LogP contribution is -2.35. The summed E-state index contributed by atoms with van der Waals surface area (Å²) in [7, 11) is 0. The number of hydrogen-bond donors (Lipinski definition) is 2. The second kappa shape index (κ2) is 3.68. The van der Waals surface area contributed by atoms with Crippen LogP contribution in [0.1, 0.15) is 12.8 Å². The fourth-order valence-electron chi connectivity index (χ4n) is 1.32. The molecule has 0 aromatic heterocycles. The van der Waals surface area contributed by atoms with Gasteiger partial charge in [0.2, 0.25) is 0 Å². The van der Waals surface area contributed by atoms with Crippen molar-refractivity contribution in [3.8, 4) is 0 Å². The summed E-state index contributed by atoms with van der Waals surface area (Å²) in [6.07, 6.45) is 1.18. The van der Waals surface area contributed by atoms with Gasteiger partial charge in [-0.05, 0) is 12.8 Å². The number of aliphatic carboxylic acids is 1. The Morgan fingerprint density at radius 3 is 2.46 bits per heavy atom. The van der Waals surface area contributed by atoms with Crippen LogP contribution in [0.4, 0.5) is 0 Å². The van der Waals surface area contributed by atoms with Crippen LogP contribution in [0.3, 0.4) is 0 Å². The Hall–Kier alpha value is -1.20. The van der Waals surface area contributed by atoms with E-state index in [2.05, 4.69) is 6.58 Å². The normalized spacial score (nSPS) is 23.0. The topological polar surface area (TPSA) is 77.8 Å². The molecule has 1 unspecified atom stereocenters. The van der Waals surface area contributed by atoms with Crippen LogP contribution in [-0.2, 0) is 9.59 Å². The SMILES string of the molecule is C=C(C(=O)O)C(=O)C1CCCN1O. The molecule has 72 valence electrons. The van der Waals surface area contributed by atoms with Crippen LogP contribution in [0.25, 0.3) is 0 Å². The van der Waals surface area contributed by atoms with Crippen LogP contribution >= 0.6 is 0 Å². The van der Waals surface area contributed by atoms with Gasteiger partial charge >= 0.3 is 5.97 Å². The first kappa shape index (κ1) is 9.88. The molecule has 0 saturated carbocycles. The molecule has 0 aromatic carbocycles. The van der Waals surface area contributed by atoms with Crippen molar-refractivity contribution in [1.29, 1.82) is 0 Å². The Morgan fingerprint density at radius 2 is 2.08 bits per heavy atom. The molecule has 1 heterocycles. The molecule has 13 heavy (non-hydrogen) atoms.